The number of benzene rings is 1. The monoisotopic (exact) mass is 486 g/mol. The van der Waals surface area contributed by atoms with Crippen LogP contribution in [0.25, 0.3) is 11.1 Å². The van der Waals surface area contributed by atoms with Gasteiger partial charge in [0.25, 0.3) is 0 Å². The van der Waals surface area contributed by atoms with Crippen molar-refractivity contribution in [2.45, 2.75) is 45.8 Å². The van der Waals surface area contributed by atoms with E-state index in [0.717, 1.165) is 26.2 Å². The van der Waals surface area contributed by atoms with Crippen molar-refractivity contribution in [3.8, 4) is 11.1 Å². The summed E-state index contributed by atoms with van der Waals surface area (Å²) >= 11 is 0. The first-order valence-electron chi connectivity index (χ1n) is 10.9. The third-order valence-electron chi connectivity index (χ3n) is 6.24. The van der Waals surface area contributed by atoms with Gasteiger partial charge >= 0.3 is 0 Å². The Kier molecular flexibility index (Phi) is 12.4. The van der Waals surface area contributed by atoms with Gasteiger partial charge in [-0.3, -0.25) is 19.7 Å². The van der Waals surface area contributed by atoms with E-state index in [1.165, 1.54) is 61.4 Å². The van der Waals surface area contributed by atoms with Crippen LogP contribution in [0.5, 0.6) is 0 Å². The van der Waals surface area contributed by atoms with E-state index in [-0.39, 0.29) is 37.2 Å². The van der Waals surface area contributed by atoms with Gasteiger partial charge in [-0.1, -0.05) is 30.3 Å². The predicted octanol–water partition coefficient (Wildman–Crippen LogP) is 5.14. The average Bonchev–Trinajstić information content (AvgIpc) is 3.23. The Morgan fingerprint density at radius 2 is 1.29 bits per heavy atom. The fourth-order valence-electron chi connectivity index (χ4n) is 4.36. The molecular weight excluding hydrogens is 451 g/mol. The molecule has 3 heterocycles. The second-order valence-electron chi connectivity index (χ2n) is 8.62. The highest BCUT2D eigenvalue weighted by atomic mass is 35.5. The molecule has 31 heavy (non-hydrogen) atoms. The van der Waals surface area contributed by atoms with Gasteiger partial charge < -0.3 is 0 Å². The quantitative estimate of drug-likeness (QED) is 0.563. The summed E-state index contributed by atoms with van der Waals surface area (Å²) in [7, 11) is 0. The number of aromatic nitrogens is 1. The van der Waals surface area contributed by atoms with E-state index in [9.17, 15) is 0 Å². The molecule has 4 rings (SSSR count). The summed E-state index contributed by atoms with van der Waals surface area (Å²) in [5, 5.41) is 0. The molecule has 0 amide bonds. The molecule has 4 nitrogen and oxygen atoms in total. The lowest BCUT2D eigenvalue weighted by Crippen LogP contribution is -2.48. The lowest BCUT2D eigenvalue weighted by Gasteiger charge is -2.36. The third-order valence-corrected chi connectivity index (χ3v) is 6.24. The van der Waals surface area contributed by atoms with Crippen LogP contribution in [0.2, 0.25) is 0 Å². The average molecular weight is 488 g/mol. The molecule has 1 aromatic carbocycles. The van der Waals surface area contributed by atoms with E-state index in [0.29, 0.717) is 6.04 Å². The van der Waals surface area contributed by atoms with Gasteiger partial charge in [0, 0.05) is 57.1 Å². The van der Waals surface area contributed by atoms with E-state index in [2.05, 4.69) is 64.9 Å². The molecular formula is C24H37Cl3N4. The Bertz CT molecular complexity index is 738. The van der Waals surface area contributed by atoms with Crippen LogP contribution in [0.1, 0.15) is 37.9 Å². The molecule has 2 aromatic rings. The second kappa shape index (κ2) is 13.6. The maximum absolute atomic E-state index is 4.75. The Morgan fingerprint density at radius 3 is 1.84 bits per heavy atom. The predicted molar refractivity (Wildman–Crippen MR) is 138 cm³/mol. The first-order chi connectivity index (χ1) is 13.7. The lowest BCUT2D eigenvalue weighted by atomic mass is 10.0. The molecule has 0 saturated carbocycles. The van der Waals surface area contributed by atoms with Gasteiger partial charge in [-0.2, -0.15) is 0 Å². The summed E-state index contributed by atoms with van der Waals surface area (Å²) in [5.74, 6) is 0. The first-order valence-corrected chi connectivity index (χ1v) is 10.9. The number of pyridine rings is 1. The highest BCUT2D eigenvalue weighted by molar-refractivity contribution is 5.86. The summed E-state index contributed by atoms with van der Waals surface area (Å²) in [6.07, 6.45) is 4.74. The van der Waals surface area contributed by atoms with Crippen LogP contribution >= 0.6 is 37.2 Å². The van der Waals surface area contributed by atoms with E-state index < -0.39 is 0 Å². The van der Waals surface area contributed by atoms with E-state index in [4.69, 9.17) is 4.98 Å². The Balaban J connectivity index is 0.00000160. The van der Waals surface area contributed by atoms with Gasteiger partial charge in [-0.25, -0.2) is 0 Å². The lowest BCUT2D eigenvalue weighted by molar-refractivity contribution is 0.103. The number of nitrogens with zero attached hydrogens (tertiary/aromatic N) is 4. The van der Waals surface area contributed by atoms with Crippen molar-refractivity contribution >= 4 is 37.2 Å². The maximum atomic E-state index is 4.75. The second-order valence-corrected chi connectivity index (χ2v) is 8.62. The van der Waals surface area contributed by atoms with E-state index >= 15 is 0 Å². The van der Waals surface area contributed by atoms with Gasteiger partial charge in [-0.05, 0) is 57.0 Å². The van der Waals surface area contributed by atoms with Crippen molar-refractivity contribution in [1.29, 1.82) is 0 Å². The molecule has 0 bridgehead atoms. The van der Waals surface area contributed by atoms with Crippen LogP contribution in [0, 0.1) is 0 Å². The summed E-state index contributed by atoms with van der Waals surface area (Å²) in [6, 6.07) is 14.1. The number of rotatable bonds is 6. The summed E-state index contributed by atoms with van der Waals surface area (Å²) in [4.78, 5) is 12.4. The minimum atomic E-state index is 0. The first kappa shape index (κ1) is 28.2. The van der Waals surface area contributed by atoms with Crippen LogP contribution in [0.3, 0.4) is 0 Å². The van der Waals surface area contributed by atoms with Gasteiger partial charge in [0.2, 0.25) is 0 Å². The molecule has 2 fully saturated rings. The van der Waals surface area contributed by atoms with E-state index in [1.54, 1.807) is 0 Å². The smallest absolute Gasteiger partial charge is 0.0544 e. The maximum Gasteiger partial charge on any atom is 0.0544 e. The zero-order valence-electron chi connectivity index (χ0n) is 18.7. The molecule has 0 atom stereocenters. The van der Waals surface area contributed by atoms with E-state index in [1.807, 2.05) is 6.20 Å². The van der Waals surface area contributed by atoms with Crippen LogP contribution < -0.4 is 0 Å². The number of likely N-dealkylation sites (tertiary alicyclic amines) is 1. The molecule has 174 valence electrons. The van der Waals surface area contributed by atoms with Gasteiger partial charge in [0.15, 0.2) is 0 Å². The Labute approximate surface area is 206 Å². The fraction of sp³-hybridized carbons (Fsp3) is 0.542. The molecule has 2 saturated heterocycles. The minimum Gasteiger partial charge on any atom is -0.299 e. The van der Waals surface area contributed by atoms with Crippen LogP contribution in [0.4, 0.5) is 0 Å². The number of halogens is 3. The molecule has 0 spiro atoms. The molecule has 0 radical (unpaired) electrons. The summed E-state index contributed by atoms with van der Waals surface area (Å²) in [6.45, 7) is 13.7. The molecule has 0 unspecified atom stereocenters. The minimum absolute atomic E-state index is 0. The zero-order chi connectivity index (χ0) is 19.3. The normalized spacial score (nSPS) is 17.6. The molecule has 7 heteroatoms. The van der Waals surface area contributed by atoms with Crippen molar-refractivity contribution in [3.63, 3.8) is 0 Å². The molecule has 0 aliphatic carbocycles. The topological polar surface area (TPSA) is 22.6 Å². The van der Waals surface area contributed by atoms with Crippen molar-refractivity contribution in [3.05, 3.63) is 53.9 Å². The third kappa shape index (κ3) is 7.88. The summed E-state index contributed by atoms with van der Waals surface area (Å²) in [5.41, 5.74) is 5.05. The largest absolute Gasteiger partial charge is 0.299 e. The molecule has 0 N–H and O–H groups in total. The van der Waals surface area contributed by atoms with Crippen molar-refractivity contribution in [1.82, 2.24) is 19.7 Å². The highest BCUT2D eigenvalue weighted by Gasteiger charge is 2.19. The standard InChI is InChI=1S/C24H34N4.3ClH/c1-20(2)28-15-13-27(14-16-28)19-24-10-9-23(17-25-24)22-7-5-21(6-8-22)18-26-11-3-4-12-26;;;/h5-10,17,20H,3-4,11-16,18-19H2,1-2H3;3*1H. The Morgan fingerprint density at radius 1 is 0.710 bits per heavy atom. The summed E-state index contributed by atoms with van der Waals surface area (Å²) < 4.78 is 0. The van der Waals surface area contributed by atoms with Gasteiger partial charge in [-0.15, -0.1) is 37.2 Å². The Hall–Kier alpha value is -0.880. The van der Waals surface area contributed by atoms with Gasteiger partial charge in [0.05, 0.1) is 5.69 Å². The molecule has 2 aliphatic heterocycles. The van der Waals surface area contributed by atoms with Crippen molar-refractivity contribution in [2.75, 3.05) is 39.3 Å². The van der Waals surface area contributed by atoms with Crippen LogP contribution in [0.15, 0.2) is 42.6 Å². The van der Waals surface area contributed by atoms with Crippen molar-refractivity contribution < 1.29 is 0 Å². The van der Waals surface area contributed by atoms with Crippen LogP contribution in [-0.4, -0.2) is 65.0 Å². The highest BCUT2D eigenvalue weighted by Crippen LogP contribution is 2.21. The SMILES string of the molecule is CC(C)N1CCN(Cc2ccc(-c3ccc(CN4CCCC4)cc3)cn2)CC1.Cl.Cl.Cl. The van der Waals surface area contributed by atoms with Crippen molar-refractivity contribution in [2.24, 2.45) is 0 Å². The van der Waals surface area contributed by atoms with Crippen LogP contribution in [-0.2, 0) is 13.1 Å². The number of piperazine rings is 1. The molecule has 1 aromatic heterocycles. The number of hydrogen-bond donors (Lipinski definition) is 0. The zero-order valence-corrected chi connectivity index (χ0v) is 21.2. The van der Waals surface area contributed by atoms with Gasteiger partial charge in [0.1, 0.15) is 0 Å². The number of hydrogen-bond acceptors (Lipinski definition) is 4. The fourth-order valence-corrected chi connectivity index (χ4v) is 4.36. The molecule has 2 aliphatic rings.